The summed E-state index contributed by atoms with van der Waals surface area (Å²) in [6, 6.07) is -0.508. The standard InChI is InChI=1S/C9H15N3O3/c1-6(13)11-5-8(14)12-4-2-3-7(12)9(10)15/h7H,2-5H2,1H3,(H2,10,15)(H,11,13)/t7-/m1/s1. The molecule has 3 amide bonds. The Morgan fingerprint density at radius 2 is 2.13 bits per heavy atom. The van der Waals surface area contributed by atoms with Crippen molar-refractivity contribution in [3.8, 4) is 0 Å². The van der Waals surface area contributed by atoms with E-state index >= 15 is 0 Å². The van der Waals surface area contributed by atoms with Crippen LogP contribution in [0.2, 0.25) is 0 Å². The summed E-state index contributed by atoms with van der Waals surface area (Å²) in [5, 5.41) is 2.40. The van der Waals surface area contributed by atoms with Crippen LogP contribution in [0.4, 0.5) is 0 Å². The first-order valence-electron chi connectivity index (χ1n) is 4.85. The first-order chi connectivity index (χ1) is 7.02. The molecular formula is C9H15N3O3. The highest BCUT2D eigenvalue weighted by Crippen LogP contribution is 2.16. The molecule has 6 heteroatoms. The summed E-state index contributed by atoms with van der Waals surface area (Å²) >= 11 is 0. The molecule has 1 atom stereocenters. The molecule has 0 unspecified atom stereocenters. The third kappa shape index (κ3) is 2.93. The quantitative estimate of drug-likeness (QED) is 0.603. The lowest BCUT2D eigenvalue weighted by Gasteiger charge is -2.22. The summed E-state index contributed by atoms with van der Waals surface area (Å²) in [5.41, 5.74) is 5.16. The lowest BCUT2D eigenvalue weighted by molar-refractivity contribution is -0.137. The smallest absolute Gasteiger partial charge is 0.242 e. The van der Waals surface area contributed by atoms with Crippen LogP contribution in [0.15, 0.2) is 0 Å². The molecule has 0 aromatic carbocycles. The van der Waals surface area contributed by atoms with Gasteiger partial charge in [-0.25, -0.2) is 0 Å². The third-order valence-corrected chi connectivity index (χ3v) is 2.39. The van der Waals surface area contributed by atoms with E-state index < -0.39 is 11.9 Å². The summed E-state index contributed by atoms with van der Waals surface area (Å²) in [5.74, 6) is -1.01. The molecule has 1 fully saturated rings. The number of likely N-dealkylation sites (tertiary alicyclic amines) is 1. The van der Waals surface area contributed by atoms with Crippen LogP contribution in [-0.2, 0) is 14.4 Å². The predicted molar refractivity (Wildman–Crippen MR) is 52.6 cm³/mol. The Morgan fingerprint density at radius 1 is 1.47 bits per heavy atom. The Morgan fingerprint density at radius 3 is 2.67 bits per heavy atom. The van der Waals surface area contributed by atoms with Crippen molar-refractivity contribution in [1.82, 2.24) is 10.2 Å². The summed E-state index contributed by atoms with van der Waals surface area (Å²) < 4.78 is 0. The van der Waals surface area contributed by atoms with Crippen molar-refractivity contribution in [1.29, 1.82) is 0 Å². The van der Waals surface area contributed by atoms with E-state index in [1.165, 1.54) is 11.8 Å². The maximum absolute atomic E-state index is 11.6. The molecule has 0 spiro atoms. The van der Waals surface area contributed by atoms with Gasteiger partial charge >= 0.3 is 0 Å². The van der Waals surface area contributed by atoms with E-state index in [9.17, 15) is 14.4 Å². The van der Waals surface area contributed by atoms with E-state index in [-0.39, 0.29) is 18.4 Å². The van der Waals surface area contributed by atoms with Crippen molar-refractivity contribution in [3.05, 3.63) is 0 Å². The predicted octanol–water partition coefficient (Wildman–Crippen LogP) is -1.40. The Kier molecular flexibility index (Phi) is 3.65. The molecule has 0 radical (unpaired) electrons. The molecule has 15 heavy (non-hydrogen) atoms. The van der Waals surface area contributed by atoms with E-state index in [4.69, 9.17) is 5.73 Å². The van der Waals surface area contributed by atoms with E-state index in [1.54, 1.807) is 0 Å². The number of hydrogen-bond donors (Lipinski definition) is 2. The van der Waals surface area contributed by atoms with Gasteiger partial charge in [0, 0.05) is 13.5 Å². The van der Waals surface area contributed by atoms with Gasteiger partial charge in [0.2, 0.25) is 17.7 Å². The highest BCUT2D eigenvalue weighted by molar-refractivity contribution is 5.89. The van der Waals surface area contributed by atoms with Gasteiger partial charge in [0.05, 0.1) is 6.54 Å². The van der Waals surface area contributed by atoms with Crippen molar-refractivity contribution in [2.75, 3.05) is 13.1 Å². The summed E-state index contributed by atoms with van der Waals surface area (Å²) in [6.45, 7) is 1.80. The van der Waals surface area contributed by atoms with E-state index in [1.807, 2.05) is 0 Å². The van der Waals surface area contributed by atoms with Crippen LogP contribution in [0.5, 0.6) is 0 Å². The monoisotopic (exact) mass is 213 g/mol. The molecule has 1 aliphatic heterocycles. The van der Waals surface area contributed by atoms with Gasteiger partial charge in [-0.1, -0.05) is 0 Å². The fraction of sp³-hybridized carbons (Fsp3) is 0.667. The van der Waals surface area contributed by atoms with Crippen molar-refractivity contribution in [2.45, 2.75) is 25.8 Å². The van der Waals surface area contributed by atoms with Crippen LogP contribution in [0.3, 0.4) is 0 Å². The highest BCUT2D eigenvalue weighted by atomic mass is 16.2. The van der Waals surface area contributed by atoms with Gasteiger partial charge in [0.25, 0.3) is 0 Å². The highest BCUT2D eigenvalue weighted by Gasteiger charge is 2.32. The van der Waals surface area contributed by atoms with E-state index in [0.717, 1.165) is 6.42 Å². The Hall–Kier alpha value is -1.59. The first-order valence-corrected chi connectivity index (χ1v) is 4.85. The molecule has 0 aromatic heterocycles. The zero-order valence-electron chi connectivity index (χ0n) is 8.66. The Bertz CT molecular complexity index is 290. The van der Waals surface area contributed by atoms with Gasteiger partial charge < -0.3 is 16.0 Å². The molecule has 0 saturated carbocycles. The maximum Gasteiger partial charge on any atom is 0.242 e. The van der Waals surface area contributed by atoms with E-state index in [2.05, 4.69) is 5.32 Å². The molecule has 1 aliphatic rings. The summed E-state index contributed by atoms with van der Waals surface area (Å²) in [7, 11) is 0. The number of carbonyl (C=O) groups excluding carboxylic acids is 3. The lowest BCUT2D eigenvalue weighted by atomic mass is 10.2. The normalized spacial score (nSPS) is 20.1. The molecule has 3 N–H and O–H groups in total. The zero-order chi connectivity index (χ0) is 11.4. The van der Waals surface area contributed by atoms with Gasteiger partial charge in [-0.2, -0.15) is 0 Å². The molecule has 0 aliphatic carbocycles. The second kappa shape index (κ2) is 4.77. The molecule has 0 bridgehead atoms. The minimum Gasteiger partial charge on any atom is -0.368 e. The van der Waals surface area contributed by atoms with Crippen LogP contribution in [-0.4, -0.2) is 41.8 Å². The average Bonchev–Trinajstić information content (AvgIpc) is 2.62. The fourth-order valence-corrected chi connectivity index (χ4v) is 1.66. The number of nitrogens with zero attached hydrogens (tertiary/aromatic N) is 1. The largest absolute Gasteiger partial charge is 0.368 e. The topological polar surface area (TPSA) is 92.5 Å². The number of rotatable bonds is 3. The number of hydrogen-bond acceptors (Lipinski definition) is 3. The number of carbonyl (C=O) groups is 3. The number of primary amides is 1. The molecule has 1 rings (SSSR count). The van der Waals surface area contributed by atoms with Gasteiger partial charge in [-0.15, -0.1) is 0 Å². The van der Waals surface area contributed by atoms with Gasteiger partial charge in [-0.05, 0) is 12.8 Å². The fourth-order valence-electron chi connectivity index (χ4n) is 1.66. The van der Waals surface area contributed by atoms with Gasteiger partial charge in [0.15, 0.2) is 0 Å². The van der Waals surface area contributed by atoms with Crippen molar-refractivity contribution in [2.24, 2.45) is 5.73 Å². The zero-order valence-corrected chi connectivity index (χ0v) is 8.66. The summed E-state index contributed by atoms with van der Waals surface area (Å²) in [6.07, 6.45) is 1.39. The van der Waals surface area contributed by atoms with Crippen LogP contribution in [0.1, 0.15) is 19.8 Å². The molecule has 6 nitrogen and oxygen atoms in total. The SMILES string of the molecule is CC(=O)NCC(=O)N1CCC[C@@H]1C(N)=O. The Labute approximate surface area is 87.8 Å². The average molecular weight is 213 g/mol. The number of amides is 3. The van der Waals surface area contributed by atoms with Crippen LogP contribution in [0.25, 0.3) is 0 Å². The van der Waals surface area contributed by atoms with Crippen molar-refractivity contribution in [3.63, 3.8) is 0 Å². The number of nitrogens with one attached hydrogen (secondary N) is 1. The van der Waals surface area contributed by atoms with Crippen molar-refractivity contribution < 1.29 is 14.4 Å². The molecule has 1 heterocycles. The first kappa shape index (κ1) is 11.5. The maximum atomic E-state index is 11.6. The molecular weight excluding hydrogens is 198 g/mol. The lowest BCUT2D eigenvalue weighted by Crippen LogP contribution is -2.47. The summed E-state index contributed by atoms with van der Waals surface area (Å²) in [4.78, 5) is 34.6. The number of nitrogens with two attached hydrogens (primary N) is 1. The second-order valence-electron chi connectivity index (χ2n) is 3.56. The van der Waals surface area contributed by atoms with Crippen molar-refractivity contribution >= 4 is 17.7 Å². The second-order valence-corrected chi connectivity index (χ2v) is 3.56. The van der Waals surface area contributed by atoms with Gasteiger partial charge in [-0.3, -0.25) is 14.4 Å². The molecule has 0 aromatic rings. The molecule has 84 valence electrons. The van der Waals surface area contributed by atoms with Crippen LogP contribution in [0, 0.1) is 0 Å². The third-order valence-electron chi connectivity index (χ3n) is 2.39. The minimum absolute atomic E-state index is 0.0703. The van der Waals surface area contributed by atoms with Crippen LogP contribution < -0.4 is 11.1 Å². The van der Waals surface area contributed by atoms with E-state index in [0.29, 0.717) is 13.0 Å². The van der Waals surface area contributed by atoms with Crippen LogP contribution >= 0.6 is 0 Å². The minimum atomic E-state index is -0.508. The van der Waals surface area contributed by atoms with Gasteiger partial charge in [0.1, 0.15) is 6.04 Å². The molecule has 1 saturated heterocycles. The Balaban J connectivity index is 2.51.